The summed E-state index contributed by atoms with van der Waals surface area (Å²) in [7, 11) is 3.03. The maximum Gasteiger partial charge on any atom is 0.286 e. The minimum absolute atomic E-state index is 0.229. The number of aldehydes is 1. The molecule has 8 nitrogen and oxygen atoms in total. The number of hydrogen-bond donors (Lipinski definition) is 1. The topological polar surface area (TPSA) is 87.7 Å². The third-order valence-electron chi connectivity index (χ3n) is 6.11. The molecule has 2 aliphatic rings. The van der Waals surface area contributed by atoms with Gasteiger partial charge in [0, 0.05) is 51.0 Å². The van der Waals surface area contributed by atoms with Crippen molar-refractivity contribution in [1.82, 2.24) is 20.2 Å². The van der Waals surface area contributed by atoms with E-state index in [9.17, 15) is 9.59 Å². The molecule has 1 saturated heterocycles. The van der Waals surface area contributed by atoms with E-state index in [2.05, 4.69) is 31.2 Å². The van der Waals surface area contributed by atoms with E-state index in [1.165, 1.54) is 13.5 Å². The minimum Gasteiger partial charge on any atom is -0.491 e. The minimum atomic E-state index is -0.279. The molecule has 1 amide bonds. The molecule has 162 valence electrons. The zero-order valence-electron chi connectivity index (χ0n) is 17.8. The lowest BCUT2D eigenvalue weighted by molar-refractivity contribution is -0.119. The zero-order chi connectivity index (χ0) is 21.8. The molecule has 0 bridgehead atoms. The van der Waals surface area contributed by atoms with E-state index in [4.69, 9.17) is 4.74 Å². The van der Waals surface area contributed by atoms with Gasteiger partial charge in [0.25, 0.3) is 5.91 Å². The van der Waals surface area contributed by atoms with Gasteiger partial charge in [0.05, 0.1) is 24.7 Å². The van der Waals surface area contributed by atoms with Gasteiger partial charge in [0.1, 0.15) is 5.69 Å². The first-order valence-electron chi connectivity index (χ1n) is 10.5. The number of amides is 1. The summed E-state index contributed by atoms with van der Waals surface area (Å²) in [5, 5.41) is 2.55. The molecule has 0 spiro atoms. The van der Waals surface area contributed by atoms with E-state index in [1.807, 2.05) is 18.3 Å². The Bertz CT molecular complexity index is 958. The number of nitrogens with zero attached hydrogens (tertiary/aromatic N) is 4. The fourth-order valence-corrected chi connectivity index (χ4v) is 4.30. The molecule has 0 aromatic carbocycles. The number of rotatable bonds is 7. The third-order valence-corrected chi connectivity index (χ3v) is 6.11. The van der Waals surface area contributed by atoms with Crippen LogP contribution in [-0.2, 0) is 16.1 Å². The average molecular weight is 422 g/mol. The fraction of sp³-hybridized carbons (Fsp3) is 0.391. The number of carbonyl (C=O) groups is 2. The van der Waals surface area contributed by atoms with Crippen molar-refractivity contribution in [3.63, 3.8) is 0 Å². The molecule has 2 aromatic heterocycles. The van der Waals surface area contributed by atoms with Crippen molar-refractivity contribution in [2.24, 2.45) is 0 Å². The average Bonchev–Trinajstić information content (AvgIpc) is 2.79. The Labute approximate surface area is 181 Å². The maximum absolute atomic E-state index is 11.7. The van der Waals surface area contributed by atoms with Gasteiger partial charge in [-0.15, -0.1) is 0 Å². The van der Waals surface area contributed by atoms with Crippen LogP contribution in [0.5, 0.6) is 0 Å². The second kappa shape index (κ2) is 9.26. The summed E-state index contributed by atoms with van der Waals surface area (Å²) in [5.41, 5.74) is 3.38. The lowest BCUT2D eigenvalue weighted by Crippen LogP contribution is -2.64. The standard InChI is InChI=1S/C23H27N5O3/c1-24-23(30)22(31-2)11-17-4-3-16(12-25-17)14-27-9-10-28(21-8-7-20(21)27)19-6-5-18(15-29)26-13-19/h3-6,11-13,15,20-21H,7-10,14H2,1-2H3,(H,24,30)/b22-11+. The van der Waals surface area contributed by atoms with Crippen LogP contribution in [0.4, 0.5) is 5.69 Å². The van der Waals surface area contributed by atoms with Gasteiger partial charge in [-0.3, -0.25) is 24.5 Å². The number of hydrogen-bond acceptors (Lipinski definition) is 7. The first-order valence-corrected chi connectivity index (χ1v) is 10.5. The molecule has 2 unspecified atom stereocenters. The van der Waals surface area contributed by atoms with Crippen LogP contribution in [-0.4, -0.2) is 66.4 Å². The van der Waals surface area contributed by atoms with Gasteiger partial charge in [-0.2, -0.15) is 0 Å². The molecular formula is C23H27N5O3. The quantitative estimate of drug-likeness (QED) is 0.415. The molecule has 1 N–H and O–H groups in total. The van der Waals surface area contributed by atoms with Crippen LogP contribution in [0, 0.1) is 0 Å². The number of likely N-dealkylation sites (N-methyl/N-ethyl adjacent to an activating group) is 1. The second-order valence-electron chi connectivity index (χ2n) is 7.82. The van der Waals surface area contributed by atoms with Crippen molar-refractivity contribution in [1.29, 1.82) is 0 Å². The predicted molar refractivity (Wildman–Crippen MR) is 117 cm³/mol. The third kappa shape index (κ3) is 4.44. The van der Waals surface area contributed by atoms with Gasteiger partial charge >= 0.3 is 0 Å². The number of ether oxygens (including phenoxy) is 1. The molecule has 4 rings (SSSR count). The van der Waals surface area contributed by atoms with Crippen molar-refractivity contribution >= 4 is 24.0 Å². The summed E-state index contributed by atoms with van der Waals surface area (Å²) in [6, 6.07) is 8.72. The molecule has 3 heterocycles. The van der Waals surface area contributed by atoms with Crippen LogP contribution in [0.1, 0.15) is 34.6 Å². The van der Waals surface area contributed by atoms with Gasteiger partial charge in [0.2, 0.25) is 0 Å². The first-order chi connectivity index (χ1) is 15.1. The summed E-state index contributed by atoms with van der Waals surface area (Å²) in [6.07, 6.45) is 8.42. The van der Waals surface area contributed by atoms with E-state index in [1.54, 1.807) is 25.4 Å². The Hall–Kier alpha value is -3.26. The van der Waals surface area contributed by atoms with Gasteiger partial charge in [-0.05, 0) is 36.6 Å². The monoisotopic (exact) mass is 421 g/mol. The van der Waals surface area contributed by atoms with Crippen molar-refractivity contribution in [3.8, 4) is 0 Å². The molecule has 0 radical (unpaired) electrons. The molecule has 1 saturated carbocycles. The Kier molecular flexibility index (Phi) is 6.27. The normalized spacial score (nSPS) is 21.1. The highest BCUT2D eigenvalue weighted by atomic mass is 16.5. The number of carbonyl (C=O) groups excluding carboxylic acids is 2. The van der Waals surface area contributed by atoms with Crippen molar-refractivity contribution < 1.29 is 14.3 Å². The van der Waals surface area contributed by atoms with E-state index < -0.39 is 0 Å². The lowest BCUT2D eigenvalue weighted by Gasteiger charge is -2.54. The van der Waals surface area contributed by atoms with Gasteiger partial charge in [-0.25, -0.2) is 0 Å². The molecule has 2 aromatic rings. The molecule has 1 aliphatic heterocycles. The Morgan fingerprint density at radius 2 is 1.90 bits per heavy atom. The van der Waals surface area contributed by atoms with E-state index >= 15 is 0 Å². The van der Waals surface area contributed by atoms with Crippen molar-refractivity contribution in [3.05, 3.63) is 59.4 Å². The summed E-state index contributed by atoms with van der Waals surface area (Å²) < 4.78 is 5.13. The summed E-state index contributed by atoms with van der Waals surface area (Å²) in [4.78, 5) is 36.3. The molecule has 8 heteroatoms. The van der Waals surface area contributed by atoms with Crippen LogP contribution >= 0.6 is 0 Å². The Morgan fingerprint density at radius 1 is 1.13 bits per heavy atom. The van der Waals surface area contributed by atoms with Gasteiger partial charge in [0.15, 0.2) is 12.0 Å². The number of pyridine rings is 2. The van der Waals surface area contributed by atoms with Crippen LogP contribution < -0.4 is 10.2 Å². The van der Waals surface area contributed by atoms with Crippen LogP contribution in [0.15, 0.2) is 42.4 Å². The van der Waals surface area contributed by atoms with E-state index in [-0.39, 0.29) is 11.7 Å². The number of piperazine rings is 1. The Balaban J connectivity index is 1.40. The largest absolute Gasteiger partial charge is 0.491 e. The number of aromatic nitrogens is 2. The number of fused-ring (bicyclic) bond motifs is 1. The first kappa shape index (κ1) is 21.0. The maximum atomic E-state index is 11.7. The zero-order valence-corrected chi connectivity index (χ0v) is 17.8. The molecule has 1 aliphatic carbocycles. The second-order valence-corrected chi connectivity index (χ2v) is 7.82. The number of anilines is 1. The van der Waals surface area contributed by atoms with E-state index in [0.29, 0.717) is 23.5 Å². The van der Waals surface area contributed by atoms with Crippen LogP contribution in [0.3, 0.4) is 0 Å². The number of methoxy groups -OCH3 is 1. The smallest absolute Gasteiger partial charge is 0.286 e. The van der Waals surface area contributed by atoms with Gasteiger partial charge in [-0.1, -0.05) is 6.07 Å². The Morgan fingerprint density at radius 3 is 2.48 bits per heavy atom. The van der Waals surface area contributed by atoms with Gasteiger partial charge < -0.3 is 15.0 Å². The molecular weight excluding hydrogens is 394 g/mol. The van der Waals surface area contributed by atoms with Crippen LogP contribution in [0.25, 0.3) is 6.08 Å². The number of nitrogens with one attached hydrogen (secondary N) is 1. The SMILES string of the molecule is CNC(=O)/C(=C\c1ccc(CN2CCN(c3ccc(C=O)nc3)C3CCC32)cn1)OC. The molecule has 2 fully saturated rings. The summed E-state index contributed by atoms with van der Waals surface area (Å²) in [6.45, 7) is 2.74. The lowest BCUT2D eigenvalue weighted by atomic mass is 9.81. The summed E-state index contributed by atoms with van der Waals surface area (Å²) >= 11 is 0. The van der Waals surface area contributed by atoms with E-state index in [0.717, 1.165) is 43.6 Å². The highest BCUT2D eigenvalue weighted by Crippen LogP contribution is 2.37. The highest BCUT2D eigenvalue weighted by molar-refractivity contribution is 5.95. The van der Waals surface area contributed by atoms with Crippen molar-refractivity contribution in [2.75, 3.05) is 32.1 Å². The summed E-state index contributed by atoms with van der Waals surface area (Å²) in [5.74, 6) is -0.0508. The van der Waals surface area contributed by atoms with Crippen molar-refractivity contribution in [2.45, 2.75) is 31.5 Å². The molecule has 31 heavy (non-hydrogen) atoms. The fourth-order valence-electron chi connectivity index (χ4n) is 4.30. The molecule has 2 atom stereocenters. The predicted octanol–water partition coefficient (Wildman–Crippen LogP) is 1.88. The highest BCUT2D eigenvalue weighted by Gasteiger charge is 2.42. The van der Waals surface area contributed by atoms with Crippen LogP contribution in [0.2, 0.25) is 0 Å².